The van der Waals surface area contributed by atoms with Crippen molar-refractivity contribution in [3.05, 3.63) is 48.5 Å². The number of imidazole rings is 1. The molecule has 0 radical (unpaired) electrons. The highest BCUT2D eigenvalue weighted by Crippen LogP contribution is 2.25. The largest absolute Gasteiger partial charge is 0.556 e. The van der Waals surface area contributed by atoms with Gasteiger partial charge in [-0.3, -0.25) is 0 Å². The van der Waals surface area contributed by atoms with E-state index in [0.717, 1.165) is 30.4 Å². The first-order chi connectivity index (χ1) is 11.0. The molecule has 6 heteroatoms. The summed E-state index contributed by atoms with van der Waals surface area (Å²) in [5, 5.41) is 29.1. The van der Waals surface area contributed by atoms with E-state index in [0.29, 0.717) is 11.4 Å². The Bertz CT molecular complexity index is 824. The van der Waals surface area contributed by atoms with Gasteiger partial charge in [-0.25, -0.2) is 4.98 Å². The van der Waals surface area contributed by atoms with Crippen molar-refractivity contribution in [2.45, 2.75) is 26.3 Å². The standard InChI is InChI=1S/C17H20BN2O3/c1-2-3-12-20-16-11-7-6-10-15(16)19-17(20)13-8-4-5-9-14(13)18(21,22)23/h4-11,21-23H,2-3,12H2,1H3/q-1. The minimum Gasteiger partial charge on any atom is -0.556 e. The zero-order valence-corrected chi connectivity index (χ0v) is 13.1. The summed E-state index contributed by atoms with van der Waals surface area (Å²) in [6.07, 6.45) is 2.03. The first kappa shape index (κ1) is 15.7. The number of fused-ring (bicyclic) bond motifs is 1. The molecular formula is C17H20BN2O3-. The third kappa shape index (κ3) is 3.01. The van der Waals surface area contributed by atoms with Crippen LogP contribution < -0.4 is 5.46 Å². The molecule has 0 fully saturated rings. The topological polar surface area (TPSA) is 78.5 Å². The van der Waals surface area contributed by atoms with Crippen LogP contribution in [0.2, 0.25) is 0 Å². The first-order valence-electron chi connectivity index (χ1n) is 7.89. The Labute approximate surface area is 134 Å². The molecule has 0 spiro atoms. The summed E-state index contributed by atoms with van der Waals surface area (Å²) in [5.41, 5.74) is 2.46. The summed E-state index contributed by atoms with van der Waals surface area (Å²) in [6.45, 7) is -0.680. The van der Waals surface area contributed by atoms with Gasteiger partial charge in [0, 0.05) is 6.54 Å². The lowest BCUT2D eigenvalue weighted by Crippen LogP contribution is -2.49. The SMILES string of the molecule is CCCCn1c(-c2ccccc2[B-](O)(O)O)nc2ccccc21. The number of aromatic nitrogens is 2. The van der Waals surface area contributed by atoms with Crippen molar-refractivity contribution in [1.82, 2.24) is 9.55 Å². The molecule has 0 atom stereocenters. The molecule has 5 nitrogen and oxygen atoms in total. The average molecular weight is 311 g/mol. The van der Waals surface area contributed by atoms with E-state index in [4.69, 9.17) is 0 Å². The van der Waals surface area contributed by atoms with E-state index in [1.54, 1.807) is 18.2 Å². The number of unbranched alkanes of at least 4 members (excludes halogenated alkanes) is 1. The number of benzene rings is 2. The number of rotatable bonds is 5. The van der Waals surface area contributed by atoms with Crippen LogP contribution in [0.15, 0.2) is 48.5 Å². The summed E-state index contributed by atoms with van der Waals surface area (Å²) < 4.78 is 2.07. The lowest BCUT2D eigenvalue weighted by atomic mass is 9.68. The number of hydrogen-bond acceptors (Lipinski definition) is 4. The van der Waals surface area contributed by atoms with Crippen molar-refractivity contribution in [1.29, 1.82) is 0 Å². The second-order valence-corrected chi connectivity index (χ2v) is 5.75. The summed E-state index contributed by atoms with van der Waals surface area (Å²) in [6, 6.07) is 14.5. The monoisotopic (exact) mass is 311 g/mol. The highest BCUT2D eigenvalue weighted by Gasteiger charge is 2.24. The van der Waals surface area contributed by atoms with Crippen LogP contribution >= 0.6 is 0 Å². The number of nitrogens with zero attached hydrogens (tertiary/aromatic N) is 2. The molecule has 0 saturated heterocycles. The van der Waals surface area contributed by atoms with Crippen molar-refractivity contribution < 1.29 is 15.1 Å². The zero-order chi connectivity index (χ0) is 16.4. The molecule has 0 amide bonds. The maximum absolute atomic E-state index is 9.71. The molecule has 3 rings (SSSR count). The van der Waals surface area contributed by atoms with Crippen LogP contribution in [0.5, 0.6) is 0 Å². The average Bonchev–Trinajstić information content (AvgIpc) is 2.90. The molecule has 120 valence electrons. The van der Waals surface area contributed by atoms with Crippen LogP contribution in [-0.4, -0.2) is 31.4 Å². The third-order valence-electron chi connectivity index (χ3n) is 4.01. The van der Waals surface area contributed by atoms with E-state index < -0.39 is 6.75 Å². The molecule has 2 aromatic carbocycles. The van der Waals surface area contributed by atoms with Crippen LogP contribution in [0.1, 0.15) is 19.8 Å². The van der Waals surface area contributed by atoms with Gasteiger partial charge in [0.25, 0.3) is 0 Å². The van der Waals surface area contributed by atoms with Gasteiger partial charge < -0.3 is 19.6 Å². The first-order valence-corrected chi connectivity index (χ1v) is 7.89. The van der Waals surface area contributed by atoms with Crippen molar-refractivity contribution in [2.24, 2.45) is 0 Å². The predicted octanol–water partition coefficient (Wildman–Crippen LogP) is 1.63. The van der Waals surface area contributed by atoms with Gasteiger partial charge in [-0.1, -0.05) is 49.7 Å². The predicted molar refractivity (Wildman–Crippen MR) is 92.1 cm³/mol. The van der Waals surface area contributed by atoms with Gasteiger partial charge in [0.1, 0.15) is 5.82 Å². The van der Waals surface area contributed by atoms with E-state index >= 15 is 0 Å². The quantitative estimate of drug-likeness (QED) is 0.626. The minimum absolute atomic E-state index is 0.0838. The zero-order valence-electron chi connectivity index (χ0n) is 13.1. The molecule has 0 aliphatic carbocycles. The summed E-state index contributed by atoms with van der Waals surface area (Å²) >= 11 is 0. The Morgan fingerprint density at radius 1 is 1.00 bits per heavy atom. The molecule has 1 heterocycles. The van der Waals surface area contributed by atoms with Crippen molar-refractivity contribution in [3.8, 4) is 11.4 Å². The second-order valence-electron chi connectivity index (χ2n) is 5.75. The van der Waals surface area contributed by atoms with E-state index in [9.17, 15) is 15.1 Å². The van der Waals surface area contributed by atoms with E-state index in [2.05, 4.69) is 16.5 Å². The molecule has 3 aromatic rings. The Morgan fingerprint density at radius 3 is 2.43 bits per heavy atom. The minimum atomic E-state index is -3.58. The van der Waals surface area contributed by atoms with Gasteiger partial charge >= 0.3 is 6.75 Å². The van der Waals surface area contributed by atoms with Gasteiger partial charge in [-0.2, -0.15) is 0 Å². The molecule has 0 unspecified atom stereocenters. The maximum atomic E-state index is 9.71. The van der Waals surface area contributed by atoms with Gasteiger partial charge in [0.15, 0.2) is 0 Å². The Hall–Kier alpha value is -2.15. The number of aryl methyl sites for hydroxylation is 1. The molecule has 1 aromatic heterocycles. The van der Waals surface area contributed by atoms with Gasteiger partial charge in [-0.05, 0) is 24.1 Å². The molecular weight excluding hydrogens is 291 g/mol. The molecule has 23 heavy (non-hydrogen) atoms. The Kier molecular flexibility index (Phi) is 4.21. The number of hydrogen-bond donors (Lipinski definition) is 3. The lowest BCUT2D eigenvalue weighted by Gasteiger charge is -2.25. The number of para-hydroxylation sites is 2. The Morgan fingerprint density at radius 2 is 1.70 bits per heavy atom. The van der Waals surface area contributed by atoms with Crippen molar-refractivity contribution >= 4 is 23.3 Å². The summed E-state index contributed by atoms with van der Waals surface area (Å²) in [7, 11) is 0. The van der Waals surface area contributed by atoms with Gasteiger partial charge in [0.05, 0.1) is 11.0 Å². The highest BCUT2D eigenvalue weighted by atomic mass is 16.5. The highest BCUT2D eigenvalue weighted by molar-refractivity contribution is 6.73. The fourth-order valence-electron chi connectivity index (χ4n) is 2.86. The molecule has 0 bridgehead atoms. The van der Waals surface area contributed by atoms with Crippen molar-refractivity contribution in [2.75, 3.05) is 0 Å². The van der Waals surface area contributed by atoms with Crippen molar-refractivity contribution in [3.63, 3.8) is 0 Å². The smallest absolute Gasteiger partial charge is 0.403 e. The lowest BCUT2D eigenvalue weighted by molar-refractivity contribution is 0.250. The van der Waals surface area contributed by atoms with Crippen LogP contribution in [0, 0.1) is 0 Å². The molecule has 3 N–H and O–H groups in total. The molecule has 0 saturated carbocycles. The van der Waals surface area contributed by atoms with Crippen LogP contribution in [0.3, 0.4) is 0 Å². The summed E-state index contributed by atoms with van der Waals surface area (Å²) in [5.74, 6) is 0.638. The Balaban J connectivity index is 2.24. The van der Waals surface area contributed by atoms with Crippen LogP contribution in [0.25, 0.3) is 22.4 Å². The fraction of sp³-hybridized carbons (Fsp3) is 0.235. The molecule has 0 aliphatic rings. The van der Waals surface area contributed by atoms with Gasteiger partial charge in [0.2, 0.25) is 0 Å². The third-order valence-corrected chi connectivity index (χ3v) is 4.01. The normalized spacial score (nSPS) is 12.0. The van der Waals surface area contributed by atoms with Crippen LogP contribution in [-0.2, 0) is 6.54 Å². The maximum Gasteiger partial charge on any atom is 0.403 e. The fourth-order valence-corrected chi connectivity index (χ4v) is 2.86. The van der Waals surface area contributed by atoms with E-state index in [1.165, 1.54) is 6.07 Å². The van der Waals surface area contributed by atoms with E-state index in [1.807, 2.05) is 24.3 Å². The summed E-state index contributed by atoms with van der Waals surface area (Å²) in [4.78, 5) is 4.65. The van der Waals surface area contributed by atoms with Crippen LogP contribution in [0.4, 0.5) is 0 Å². The van der Waals surface area contributed by atoms with Gasteiger partial charge in [-0.15, -0.1) is 5.46 Å². The van der Waals surface area contributed by atoms with E-state index in [-0.39, 0.29) is 5.46 Å². The second kappa shape index (κ2) is 6.16. The molecule has 0 aliphatic heterocycles.